The monoisotopic (exact) mass is 351 g/mol. The summed E-state index contributed by atoms with van der Waals surface area (Å²) in [5.41, 5.74) is -0.288. The number of fused-ring (bicyclic) bond motifs is 1. The maximum Gasteiger partial charge on any atom is 0.248 e. The van der Waals surface area contributed by atoms with E-state index in [1.807, 2.05) is 0 Å². The van der Waals surface area contributed by atoms with Gasteiger partial charge in [0.15, 0.2) is 5.67 Å². The first-order valence-corrected chi connectivity index (χ1v) is 8.04. The Labute approximate surface area is 148 Å². The van der Waals surface area contributed by atoms with Crippen LogP contribution >= 0.6 is 0 Å². The van der Waals surface area contributed by atoms with E-state index in [1.165, 1.54) is 30.5 Å². The number of rotatable bonds is 3. The number of carbonyl (C=O) groups is 1. The third kappa shape index (κ3) is 2.12. The number of amides is 1. The van der Waals surface area contributed by atoms with Crippen molar-refractivity contribution in [1.29, 1.82) is 0 Å². The summed E-state index contributed by atoms with van der Waals surface area (Å²) in [6.45, 7) is 0. The largest absolute Gasteiger partial charge is 0.366 e. The molecule has 1 amide bonds. The van der Waals surface area contributed by atoms with Gasteiger partial charge in [-0.15, -0.1) is 0 Å². The Kier molecular flexibility index (Phi) is 3.50. The van der Waals surface area contributed by atoms with Crippen molar-refractivity contribution < 1.29 is 13.6 Å². The van der Waals surface area contributed by atoms with Crippen LogP contribution in [0.15, 0.2) is 84.7 Å². The molecule has 26 heavy (non-hydrogen) atoms. The molecule has 4 nitrogen and oxygen atoms in total. The Morgan fingerprint density at radius 1 is 1.08 bits per heavy atom. The summed E-state index contributed by atoms with van der Waals surface area (Å²) in [6, 6.07) is 13.0. The topological polar surface area (TPSA) is 60.4 Å². The molecule has 0 fully saturated rings. The first-order chi connectivity index (χ1) is 12.5. The molecule has 0 saturated heterocycles. The van der Waals surface area contributed by atoms with E-state index in [1.54, 1.807) is 47.0 Å². The second-order valence-electron chi connectivity index (χ2n) is 6.13. The molecule has 1 aromatic carbocycles. The van der Waals surface area contributed by atoms with Gasteiger partial charge in [-0.2, -0.15) is 0 Å². The molecule has 6 heteroatoms. The zero-order chi connectivity index (χ0) is 18.4. The normalized spacial score (nSPS) is 25.2. The van der Waals surface area contributed by atoms with Crippen molar-refractivity contribution in [2.75, 3.05) is 0 Å². The van der Waals surface area contributed by atoms with Crippen LogP contribution in [0.25, 0.3) is 5.65 Å². The molecule has 0 aliphatic heterocycles. The fourth-order valence-corrected chi connectivity index (χ4v) is 3.36. The summed E-state index contributed by atoms with van der Waals surface area (Å²) >= 11 is 0. The Morgan fingerprint density at radius 2 is 1.81 bits per heavy atom. The van der Waals surface area contributed by atoms with Crippen molar-refractivity contribution >= 4 is 11.6 Å². The standard InChI is InChI=1S/C20H15F2N3O/c21-19(14-7-2-1-3-8-14)11-6-9-15(18(23)26)20(19,22)16-13-25-12-5-4-10-17(25)24-16/h1-13H,(H2,23,26). The first-order valence-electron chi connectivity index (χ1n) is 8.04. The number of allylic oxidation sites excluding steroid dienone is 3. The highest BCUT2D eigenvalue weighted by molar-refractivity contribution is 5.95. The van der Waals surface area contributed by atoms with E-state index in [-0.39, 0.29) is 11.3 Å². The maximum absolute atomic E-state index is 16.5. The number of benzene rings is 1. The van der Waals surface area contributed by atoms with Gasteiger partial charge < -0.3 is 10.1 Å². The lowest BCUT2D eigenvalue weighted by molar-refractivity contribution is -0.118. The van der Waals surface area contributed by atoms with E-state index in [2.05, 4.69) is 4.98 Å². The lowest BCUT2D eigenvalue weighted by Crippen LogP contribution is -2.48. The molecule has 130 valence electrons. The fourth-order valence-electron chi connectivity index (χ4n) is 3.36. The number of alkyl halides is 2. The minimum Gasteiger partial charge on any atom is -0.366 e. The van der Waals surface area contributed by atoms with Gasteiger partial charge in [0.1, 0.15) is 11.3 Å². The van der Waals surface area contributed by atoms with Gasteiger partial charge in [0.25, 0.3) is 0 Å². The number of primary amides is 1. The van der Waals surface area contributed by atoms with Gasteiger partial charge in [0, 0.05) is 12.4 Å². The van der Waals surface area contributed by atoms with Crippen LogP contribution in [-0.4, -0.2) is 15.3 Å². The lowest BCUT2D eigenvalue weighted by atomic mass is 9.71. The Bertz CT molecular complexity index is 1020. The molecule has 2 unspecified atom stereocenters. The van der Waals surface area contributed by atoms with Crippen LogP contribution in [0.2, 0.25) is 0 Å². The second kappa shape index (κ2) is 5.62. The van der Waals surface area contributed by atoms with Gasteiger partial charge in [0.2, 0.25) is 11.6 Å². The molecule has 0 bridgehead atoms. The molecule has 3 aromatic rings. The molecular formula is C20H15F2N3O. The molecule has 1 aliphatic carbocycles. The lowest BCUT2D eigenvalue weighted by Gasteiger charge is -2.39. The van der Waals surface area contributed by atoms with Gasteiger partial charge in [-0.05, 0) is 29.8 Å². The van der Waals surface area contributed by atoms with Crippen LogP contribution in [-0.2, 0) is 16.1 Å². The van der Waals surface area contributed by atoms with Gasteiger partial charge in [-0.3, -0.25) is 4.79 Å². The average molecular weight is 351 g/mol. The summed E-state index contributed by atoms with van der Waals surface area (Å²) in [4.78, 5) is 16.2. The molecule has 1 aliphatic rings. The molecule has 0 spiro atoms. The number of hydrogen-bond acceptors (Lipinski definition) is 2. The van der Waals surface area contributed by atoms with Gasteiger partial charge in [0.05, 0.1) is 5.57 Å². The SMILES string of the molecule is NC(=O)C1=CC=CC(F)(c2ccccc2)C1(F)c1cn2ccccc2n1. The highest BCUT2D eigenvalue weighted by atomic mass is 19.2. The number of aromatic nitrogens is 2. The van der Waals surface area contributed by atoms with Crippen LogP contribution in [0.3, 0.4) is 0 Å². The van der Waals surface area contributed by atoms with Crippen LogP contribution in [0, 0.1) is 0 Å². The highest BCUT2D eigenvalue weighted by Gasteiger charge is 2.60. The van der Waals surface area contributed by atoms with E-state index in [9.17, 15) is 4.79 Å². The third-order valence-corrected chi connectivity index (χ3v) is 4.64. The van der Waals surface area contributed by atoms with Gasteiger partial charge in [-0.1, -0.05) is 42.5 Å². The maximum atomic E-state index is 16.5. The Balaban J connectivity index is 2.01. The average Bonchev–Trinajstić information content (AvgIpc) is 3.09. The van der Waals surface area contributed by atoms with E-state index in [0.717, 1.165) is 6.08 Å². The zero-order valence-electron chi connectivity index (χ0n) is 13.6. The number of halogens is 2. The molecule has 2 atom stereocenters. The van der Waals surface area contributed by atoms with E-state index in [4.69, 9.17) is 5.73 Å². The number of nitrogens with zero attached hydrogens (tertiary/aromatic N) is 2. The van der Waals surface area contributed by atoms with Crippen molar-refractivity contribution in [2.24, 2.45) is 5.73 Å². The van der Waals surface area contributed by atoms with Crippen molar-refractivity contribution in [3.8, 4) is 0 Å². The molecule has 0 saturated carbocycles. The molecule has 2 N–H and O–H groups in total. The molecular weight excluding hydrogens is 336 g/mol. The number of pyridine rings is 1. The van der Waals surface area contributed by atoms with Gasteiger partial charge >= 0.3 is 0 Å². The van der Waals surface area contributed by atoms with Crippen molar-refractivity contribution in [3.63, 3.8) is 0 Å². The van der Waals surface area contributed by atoms with Gasteiger partial charge in [-0.25, -0.2) is 13.8 Å². The molecule has 2 aromatic heterocycles. The van der Waals surface area contributed by atoms with Crippen molar-refractivity contribution in [2.45, 2.75) is 11.3 Å². The number of carbonyl (C=O) groups excluding carboxylic acids is 1. The zero-order valence-corrected chi connectivity index (χ0v) is 13.6. The van der Waals surface area contributed by atoms with E-state index >= 15 is 8.78 Å². The minimum absolute atomic E-state index is 0.0719. The Hall–Kier alpha value is -3.28. The van der Waals surface area contributed by atoms with Crippen molar-refractivity contribution in [3.05, 3.63) is 96.0 Å². The molecule has 4 rings (SSSR count). The fraction of sp³-hybridized carbons (Fsp3) is 0.100. The molecule has 0 radical (unpaired) electrons. The molecule has 2 heterocycles. The smallest absolute Gasteiger partial charge is 0.248 e. The number of hydrogen-bond donors (Lipinski definition) is 1. The van der Waals surface area contributed by atoms with E-state index < -0.39 is 22.8 Å². The first kappa shape index (κ1) is 16.2. The number of nitrogens with two attached hydrogens (primary N) is 1. The third-order valence-electron chi connectivity index (χ3n) is 4.64. The minimum atomic E-state index is -2.86. The summed E-state index contributed by atoms with van der Waals surface area (Å²) in [7, 11) is 0. The van der Waals surface area contributed by atoms with Crippen LogP contribution in [0.4, 0.5) is 8.78 Å². The predicted molar refractivity (Wildman–Crippen MR) is 93.6 cm³/mol. The van der Waals surface area contributed by atoms with Crippen molar-refractivity contribution in [1.82, 2.24) is 9.38 Å². The quantitative estimate of drug-likeness (QED) is 0.787. The van der Waals surface area contributed by atoms with Crippen LogP contribution in [0.5, 0.6) is 0 Å². The van der Waals surface area contributed by atoms with E-state index in [0.29, 0.717) is 5.65 Å². The van der Waals surface area contributed by atoms with Crippen LogP contribution < -0.4 is 5.73 Å². The summed E-state index contributed by atoms with van der Waals surface area (Å²) in [6.07, 6.45) is 6.65. The summed E-state index contributed by atoms with van der Waals surface area (Å²) < 4.78 is 34.3. The Morgan fingerprint density at radius 3 is 2.50 bits per heavy atom. The second-order valence-corrected chi connectivity index (χ2v) is 6.13. The summed E-state index contributed by atoms with van der Waals surface area (Å²) in [5, 5.41) is 0. The highest BCUT2D eigenvalue weighted by Crippen LogP contribution is 2.53. The summed E-state index contributed by atoms with van der Waals surface area (Å²) in [5.74, 6) is -1.04. The predicted octanol–water partition coefficient (Wildman–Crippen LogP) is 3.35. The number of imidazole rings is 1. The van der Waals surface area contributed by atoms with Crippen LogP contribution in [0.1, 0.15) is 11.3 Å².